The lowest BCUT2D eigenvalue weighted by molar-refractivity contribution is -0.200. The molecule has 10 heteroatoms. The van der Waals surface area contributed by atoms with Gasteiger partial charge in [-0.05, 0) is 56.1 Å². The minimum absolute atomic E-state index is 0.0254. The van der Waals surface area contributed by atoms with Crippen molar-refractivity contribution in [2.75, 3.05) is 6.61 Å². The van der Waals surface area contributed by atoms with Crippen LogP contribution in [0.2, 0.25) is 0 Å². The van der Waals surface area contributed by atoms with E-state index in [9.17, 15) is 23.1 Å². The fourth-order valence-corrected chi connectivity index (χ4v) is 8.50. The second-order valence-electron chi connectivity index (χ2n) is 11.3. The molecule has 194 valence electrons. The van der Waals surface area contributed by atoms with E-state index in [1.54, 1.807) is 12.2 Å². The number of rotatable bonds is 6. The van der Waals surface area contributed by atoms with E-state index in [1.165, 1.54) is 0 Å². The molecule has 0 unspecified atom stereocenters. The molecule has 0 aromatic carbocycles. The average molecular weight is 511 g/mol. The first-order chi connectivity index (χ1) is 16.4. The Bertz CT molecular complexity index is 1100. The molecule has 5 aliphatic rings. The molecule has 0 bridgehead atoms. The Labute approximate surface area is 205 Å². The maximum Gasteiger partial charge on any atom is 0.397 e. The van der Waals surface area contributed by atoms with Gasteiger partial charge in [0.05, 0.1) is 12.2 Å². The number of carbonyl (C=O) groups excluding carboxylic acids is 2. The van der Waals surface area contributed by atoms with E-state index in [2.05, 4.69) is 11.1 Å². The molecule has 35 heavy (non-hydrogen) atoms. The zero-order valence-electron chi connectivity index (χ0n) is 20.3. The topological polar surface area (TPSA) is 136 Å². The third-order valence-electron chi connectivity index (χ3n) is 9.57. The van der Waals surface area contributed by atoms with Crippen LogP contribution in [0.4, 0.5) is 0 Å². The Morgan fingerprint density at radius 2 is 2.06 bits per heavy atom. The van der Waals surface area contributed by atoms with Gasteiger partial charge in [0.25, 0.3) is 0 Å². The zero-order valence-corrected chi connectivity index (χ0v) is 21.1. The Hall–Kier alpha value is -1.43. The summed E-state index contributed by atoms with van der Waals surface area (Å²) in [5.41, 5.74) is -1.72. The summed E-state index contributed by atoms with van der Waals surface area (Å²) in [4.78, 5) is 25.7. The Balaban J connectivity index is 1.53. The van der Waals surface area contributed by atoms with Crippen LogP contribution in [0, 0.1) is 28.6 Å². The lowest BCUT2D eigenvalue weighted by Crippen LogP contribution is -2.63. The zero-order chi connectivity index (χ0) is 25.4. The molecule has 0 aromatic heterocycles. The minimum atomic E-state index is -4.82. The monoisotopic (exact) mass is 510 g/mol. The van der Waals surface area contributed by atoms with Crippen LogP contribution in [0.5, 0.6) is 0 Å². The van der Waals surface area contributed by atoms with Gasteiger partial charge in [0.15, 0.2) is 23.5 Å². The minimum Gasteiger partial charge on any atom is -0.393 e. The molecule has 1 aliphatic heterocycles. The highest BCUT2D eigenvalue weighted by Gasteiger charge is 2.75. The van der Waals surface area contributed by atoms with Crippen molar-refractivity contribution >= 4 is 22.0 Å². The van der Waals surface area contributed by atoms with Crippen molar-refractivity contribution in [2.45, 2.75) is 83.4 Å². The Morgan fingerprint density at radius 3 is 2.74 bits per heavy atom. The summed E-state index contributed by atoms with van der Waals surface area (Å²) in [6.07, 6.45) is 6.85. The van der Waals surface area contributed by atoms with Crippen molar-refractivity contribution in [3.63, 3.8) is 0 Å². The molecule has 4 aliphatic carbocycles. The fraction of sp³-hybridized carbons (Fsp3) is 0.760. The van der Waals surface area contributed by atoms with Gasteiger partial charge in [0, 0.05) is 16.7 Å². The summed E-state index contributed by atoms with van der Waals surface area (Å²) in [5, 5.41) is 11.6. The van der Waals surface area contributed by atoms with E-state index < -0.39 is 57.7 Å². The van der Waals surface area contributed by atoms with Crippen molar-refractivity contribution in [3.8, 4) is 0 Å². The smallest absolute Gasteiger partial charge is 0.393 e. The van der Waals surface area contributed by atoms with Gasteiger partial charge in [0.2, 0.25) is 0 Å². The maximum atomic E-state index is 13.7. The second-order valence-corrected chi connectivity index (χ2v) is 12.3. The molecule has 0 radical (unpaired) electrons. The third-order valence-corrected chi connectivity index (χ3v) is 9.98. The largest absolute Gasteiger partial charge is 0.397 e. The van der Waals surface area contributed by atoms with Gasteiger partial charge in [-0.25, -0.2) is 4.18 Å². The van der Waals surface area contributed by atoms with Crippen molar-refractivity contribution in [1.82, 2.24) is 0 Å². The van der Waals surface area contributed by atoms with E-state index in [0.717, 1.165) is 24.8 Å². The lowest BCUT2D eigenvalue weighted by Gasteiger charge is -2.59. The highest BCUT2D eigenvalue weighted by molar-refractivity contribution is 7.80. The summed E-state index contributed by atoms with van der Waals surface area (Å²) >= 11 is 0. The first-order valence-corrected chi connectivity index (χ1v) is 13.8. The Morgan fingerprint density at radius 1 is 1.31 bits per heavy atom. The van der Waals surface area contributed by atoms with Crippen molar-refractivity contribution < 1.29 is 41.3 Å². The number of ether oxygens (including phenoxy) is 2. The van der Waals surface area contributed by atoms with Crippen LogP contribution in [0.3, 0.4) is 0 Å². The number of Topliss-reactive ketones (excluding diaryl/α,β-unsaturated/α-hetero) is 1. The van der Waals surface area contributed by atoms with Gasteiger partial charge in [-0.3, -0.25) is 14.1 Å². The summed E-state index contributed by atoms with van der Waals surface area (Å²) in [7, 11) is -4.82. The number of hydrogen-bond acceptors (Lipinski definition) is 8. The highest BCUT2D eigenvalue weighted by atomic mass is 32.3. The molecule has 1 saturated heterocycles. The number of hydrogen-bond donors (Lipinski definition) is 2. The number of carbonyl (C=O) groups is 2. The predicted molar refractivity (Wildman–Crippen MR) is 123 cm³/mol. The van der Waals surface area contributed by atoms with Crippen molar-refractivity contribution in [3.05, 3.63) is 23.8 Å². The molecular formula is C25H34O9S. The number of ketones is 2. The van der Waals surface area contributed by atoms with Crippen LogP contribution in [-0.4, -0.2) is 60.3 Å². The van der Waals surface area contributed by atoms with E-state index in [0.29, 0.717) is 12.8 Å². The standard InChI is InChI=1S/C25H34O9S/c1-4-5-21-33-20-11-17-16-7-6-14-10-15(26)8-9-23(14,2)22(16)18(27)12-24(17,3)25(20,34-21)19(28)13-32-35(29,30)31/h8-10,16-18,20-22,27H,4-7,11-13H2,1-3H3,(H,29,30,31)/t16-,17-,18-,20+,21+,22+,23-,24-,25+/m0/s1. The Kier molecular flexibility index (Phi) is 5.98. The normalized spacial score (nSPS) is 46.4. The number of aliphatic hydroxyl groups excluding tert-OH is 1. The predicted octanol–water partition coefficient (Wildman–Crippen LogP) is 2.54. The molecule has 0 spiro atoms. The molecule has 0 aromatic rings. The van der Waals surface area contributed by atoms with Gasteiger partial charge in [-0.2, -0.15) is 8.42 Å². The molecule has 0 amide bonds. The molecule has 2 N–H and O–H groups in total. The SMILES string of the molecule is CCC[C@@H]1O[C@@H]2C[C@H]3[C@@H]4CCC5=CC(=O)C=C[C@]5(C)[C@H]4[C@@H](O)C[C@]3(C)[C@]2(C(=O)COS(=O)(=O)O)O1. The fourth-order valence-electron chi connectivity index (χ4n) is 8.24. The van der Waals surface area contributed by atoms with Crippen LogP contribution >= 0.6 is 0 Å². The van der Waals surface area contributed by atoms with Gasteiger partial charge in [-0.1, -0.05) is 38.8 Å². The summed E-state index contributed by atoms with van der Waals surface area (Å²) in [6.45, 7) is 5.13. The van der Waals surface area contributed by atoms with Crippen LogP contribution in [0.15, 0.2) is 23.8 Å². The van der Waals surface area contributed by atoms with Crippen LogP contribution in [0.1, 0.15) is 59.3 Å². The summed E-state index contributed by atoms with van der Waals surface area (Å²) in [6, 6.07) is 0. The highest BCUT2D eigenvalue weighted by Crippen LogP contribution is 2.69. The van der Waals surface area contributed by atoms with Gasteiger partial charge in [0.1, 0.15) is 6.61 Å². The van der Waals surface area contributed by atoms with E-state index >= 15 is 0 Å². The van der Waals surface area contributed by atoms with Crippen LogP contribution in [-0.2, 0) is 33.6 Å². The first kappa shape index (κ1) is 25.2. The molecule has 9 nitrogen and oxygen atoms in total. The van der Waals surface area contributed by atoms with Gasteiger partial charge < -0.3 is 14.6 Å². The third kappa shape index (κ3) is 3.63. The van der Waals surface area contributed by atoms with Gasteiger partial charge in [-0.15, -0.1) is 0 Å². The van der Waals surface area contributed by atoms with Gasteiger partial charge >= 0.3 is 10.4 Å². The van der Waals surface area contributed by atoms with E-state index in [1.807, 2.05) is 19.9 Å². The molecular weight excluding hydrogens is 476 g/mol. The summed E-state index contributed by atoms with van der Waals surface area (Å²) in [5.74, 6) is -0.730. The molecule has 4 fully saturated rings. The number of fused-ring (bicyclic) bond motifs is 7. The lowest BCUT2D eigenvalue weighted by atomic mass is 9.46. The van der Waals surface area contributed by atoms with Crippen LogP contribution < -0.4 is 0 Å². The molecule has 5 rings (SSSR count). The van der Waals surface area contributed by atoms with Crippen LogP contribution in [0.25, 0.3) is 0 Å². The van der Waals surface area contributed by atoms with Crippen molar-refractivity contribution in [2.24, 2.45) is 28.6 Å². The quantitative estimate of drug-likeness (QED) is 0.517. The van der Waals surface area contributed by atoms with E-state index in [4.69, 9.17) is 14.0 Å². The average Bonchev–Trinajstić information content (AvgIpc) is 3.24. The maximum absolute atomic E-state index is 13.7. The number of aliphatic hydroxyl groups is 1. The second kappa shape index (κ2) is 8.29. The number of allylic oxidation sites excluding steroid dienone is 4. The molecule has 1 heterocycles. The van der Waals surface area contributed by atoms with E-state index in [-0.39, 0.29) is 30.0 Å². The van der Waals surface area contributed by atoms with Crippen molar-refractivity contribution in [1.29, 1.82) is 0 Å². The summed E-state index contributed by atoms with van der Waals surface area (Å²) < 4.78 is 48.7. The molecule has 9 atom stereocenters. The molecule has 3 saturated carbocycles. The first-order valence-electron chi connectivity index (χ1n) is 12.5.